The minimum Gasteiger partial charge on any atom is -0.294 e. The molecule has 2 nitrogen and oxygen atoms in total. The first-order valence-electron chi connectivity index (χ1n) is 11.7. The van der Waals surface area contributed by atoms with Gasteiger partial charge in [-0.2, -0.15) is 0 Å². The van der Waals surface area contributed by atoms with Crippen LogP contribution in [0.2, 0.25) is 0 Å². The highest BCUT2D eigenvalue weighted by Gasteiger charge is 2.59. The van der Waals surface area contributed by atoms with Crippen molar-refractivity contribution in [1.29, 1.82) is 0 Å². The maximum absolute atomic E-state index is 13.2. The Morgan fingerprint density at radius 1 is 1.11 bits per heavy atom. The van der Waals surface area contributed by atoms with Crippen molar-refractivity contribution in [3.8, 4) is 0 Å². The lowest BCUT2D eigenvalue weighted by molar-refractivity contribution is -0.131. The molecule has 0 N–H and O–H groups in total. The van der Waals surface area contributed by atoms with E-state index in [2.05, 4.69) is 45.7 Å². The smallest absolute Gasteiger partial charge is 0.175 e. The number of fused-ring (bicyclic) bond motifs is 5. The molecule has 27 heavy (non-hydrogen) atoms. The SMILES string of the molecule is CCCCN(C)C1(C)C[C@@]2(C)C(=CC1=O)CC[C@H]1[C@@H]3CCC[C@@]3(C)CC[C@@H]12. The molecule has 0 bridgehead atoms. The fourth-order valence-corrected chi connectivity index (χ4v) is 7.88. The molecule has 4 aliphatic carbocycles. The Morgan fingerprint density at radius 3 is 2.63 bits per heavy atom. The summed E-state index contributed by atoms with van der Waals surface area (Å²) in [5, 5.41) is 0. The zero-order valence-electron chi connectivity index (χ0n) is 18.4. The van der Waals surface area contributed by atoms with Crippen molar-refractivity contribution in [2.24, 2.45) is 28.6 Å². The highest BCUT2D eigenvalue weighted by atomic mass is 16.1. The van der Waals surface area contributed by atoms with E-state index in [9.17, 15) is 4.79 Å². The van der Waals surface area contributed by atoms with Crippen LogP contribution in [0.4, 0.5) is 0 Å². The Bertz CT molecular complexity index is 638. The van der Waals surface area contributed by atoms with Gasteiger partial charge in [0.2, 0.25) is 0 Å². The molecular formula is C25H41NO. The first kappa shape index (κ1) is 19.7. The molecule has 0 aromatic heterocycles. The first-order chi connectivity index (χ1) is 12.7. The maximum atomic E-state index is 13.2. The number of likely N-dealkylation sites (N-methyl/N-ethyl adjacent to an activating group) is 1. The predicted octanol–water partition coefficient (Wildman–Crippen LogP) is 6.01. The molecule has 4 aliphatic rings. The van der Waals surface area contributed by atoms with Gasteiger partial charge in [-0.15, -0.1) is 0 Å². The van der Waals surface area contributed by atoms with Crippen LogP contribution in [-0.2, 0) is 4.79 Å². The molecule has 152 valence electrons. The Morgan fingerprint density at radius 2 is 1.89 bits per heavy atom. The van der Waals surface area contributed by atoms with Crippen LogP contribution in [0.25, 0.3) is 0 Å². The molecule has 2 heteroatoms. The van der Waals surface area contributed by atoms with Gasteiger partial charge < -0.3 is 0 Å². The number of rotatable bonds is 4. The Balaban J connectivity index is 1.65. The van der Waals surface area contributed by atoms with Crippen LogP contribution < -0.4 is 0 Å². The van der Waals surface area contributed by atoms with Gasteiger partial charge in [0.1, 0.15) is 0 Å². The molecule has 0 radical (unpaired) electrons. The molecule has 1 unspecified atom stereocenters. The Hall–Kier alpha value is -0.630. The molecule has 4 rings (SSSR count). The van der Waals surface area contributed by atoms with Crippen molar-refractivity contribution in [1.82, 2.24) is 4.90 Å². The third-order valence-electron chi connectivity index (χ3n) is 9.75. The number of allylic oxidation sites excluding steroid dienone is 1. The second kappa shape index (κ2) is 6.71. The molecule has 3 fully saturated rings. The van der Waals surface area contributed by atoms with Crippen molar-refractivity contribution in [3.05, 3.63) is 11.6 Å². The zero-order chi connectivity index (χ0) is 19.4. The van der Waals surface area contributed by atoms with Crippen LogP contribution in [0.3, 0.4) is 0 Å². The molecule has 6 atom stereocenters. The molecule has 0 amide bonds. The summed E-state index contributed by atoms with van der Waals surface area (Å²) in [6.07, 6.45) is 15.2. The quantitative estimate of drug-likeness (QED) is 0.603. The van der Waals surface area contributed by atoms with E-state index in [-0.39, 0.29) is 11.0 Å². The van der Waals surface area contributed by atoms with E-state index in [1.165, 1.54) is 63.4 Å². The summed E-state index contributed by atoms with van der Waals surface area (Å²) >= 11 is 0. The van der Waals surface area contributed by atoms with Crippen LogP contribution >= 0.6 is 0 Å². The fraction of sp³-hybridized carbons (Fsp3) is 0.880. The molecule has 3 saturated carbocycles. The van der Waals surface area contributed by atoms with E-state index in [1.54, 1.807) is 0 Å². The molecule has 0 aliphatic heterocycles. The van der Waals surface area contributed by atoms with Gasteiger partial charge in [-0.25, -0.2) is 0 Å². The number of nitrogens with zero attached hydrogens (tertiary/aromatic N) is 1. The number of hydrogen-bond donors (Lipinski definition) is 0. The van der Waals surface area contributed by atoms with Crippen molar-refractivity contribution < 1.29 is 4.79 Å². The van der Waals surface area contributed by atoms with Gasteiger partial charge in [-0.05, 0) is 107 Å². The summed E-state index contributed by atoms with van der Waals surface area (Å²) in [5.41, 5.74) is 2.03. The highest BCUT2D eigenvalue weighted by Crippen LogP contribution is 2.66. The van der Waals surface area contributed by atoms with E-state index in [0.29, 0.717) is 11.2 Å². The largest absolute Gasteiger partial charge is 0.294 e. The average molecular weight is 372 g/mol. The minimum atomic E-state index is -0.314. The zero-order valence-corrected chi connectivity index (χ0v) is 18.4. The number of carbonyl (C=O) groups is 1. The van der Waals surface area contributed by atoms with Crippen molar-refractivity contribution in [2.75, 3.05) is 13.6 Å². The number of carbonyl (C=O) groups excluding carboxylic acids is 1. The summed E-state index contributed by atoms with van der Waals surface area (Å²) in [6, 6.07) is 0. The van der Waals surface area contributed by atoms with Gasteiger partial charge in [0, 0.05) is 0 Å². The summed E-state index contributed by atoms with van der Waals surface area (Å²) in [7, 11) is 2.19. The summed E-state index contributed by atoms with van der Waals surface area (Å²) in [4.78, 5) is 15.6. The molecule has 0 aromatic rings. The second-order valence-corrected chi connectivity index (χ2v) is 11.2. The number of ketones is 1. The van der Waals surface area contributed by atoms with E-state index < -0.39 is 0 Å². The number of hydrogen-bond acceptors (Lipinski definition) is 2. The van der Waals surface area contributed by atoms with E-state index in [0.717, 1.165) is 30.7 Å². The maximum Gasteiger partial charge on any atom is 0.175 e. The topological polar surface area (TPSA) is 20.3 Å². The standard InChI is InChI=1S/C25H41NO/c1-6-7-15-26(5)25(4)17-24(3)18(16-22(25)27)10-11-19-20-9-8-13-23(20,2)14-12-21(19)24/h16,19-21H,6-15,17H2,1-5H3/t19-,20-,21-,23-,24-,25?/m0/s1. The summed E-state index contributed by atoms with van der Waals surface area (Å²) in [5.74, 6) is 3.00. The molecule has 0 aromatic carbocycles. The molecule has 0 saturated heterocycles. The van der Waals surface area contributed by atoms with Crippen LogP contribution in [0.5, 0.6) is 0 Å². The normalized spacial score (nSPS) is 46.7. The van der Waals surface area contributed by atoms with Gasteiger partial charge in [-0.1, -0.05) is 39.2 Å². The van der Waals surface area contributed by atoms with Crippen LogP contribution in [0.1, 0.15) is 91.9 Å². The molecule has 0 heterocycles. The van der Waals surface area contributed by atoms with Gasteiger partial charge in [0.15, 0.2) is 5.78 Å². The predicted molar refractivity (Wildman–Crippen MR) is 113 cm³/mol. The van der Waals surface area contributed by atoms with E-state index >= 15 is 0 Å². The van der Waals surface area contributed by atoms with Crippen molar-refractivity contribution >= 4 is 5.78 Å². The van der Waals surface area contributed by atoms with Crippen molar-refractivity contribution in [3.63, 3.8) is 0 Å². The average Bonchev–Trinajstić information content (AvgIpc) is 3.02. The van der Waals surface area contributed by atoms with E-state index in [1.807, 2.05) is 0 Å². The van der Waals surface area contributed by atoms with Gasteiger partial charge in [-0.3, -0.25) is 9.69 Å². The second-order valence-electron chi connectivity index (χ2n) is 11.2. The van der Waals surface area contributed by atoms with Crippen LogP contribution in [0.15, 0.2) is 11.6 Å². The third kappa shape index (κ3) is 2.88. The van der Waals surface area contributed by atoms with Crippen LogP contribution in [-0.4, -0.2) is 29.8 Å². The van der Waals surface area contributed by atoms with Crippen molar-refractivity contribution in [2.45, 2.75) is 97.4 Å². The van der Waals surface area contributed by atoms with Crippen LogP contribution in [0, 0.1) is 28.6 Å². The number of unbranched alkanes of at least 4 members (excludes halogenated alkanes) is 1. The minimum absolute atomic E-state index is 0.232. The Kier molecular flexibility index (Phi) is 4.89. The lowest BCUT2D eigenvalue weighted by Gasteiger charge is -2.60. The molecular weight excluding hydrogens is 330 g/mol. The molecule has 0 spiro atoms. The van der Waals surface area contributed by atoms with Gasteiger partial charge in [0.05, 0.1) is 5.54 Å². The van der Waals surface area contributed by atoms with E-state index in [4.69, 9.17) is 0 Å². The first-order valence-corrected chi connectivity index (χ1v) is 11.7. The summed E-state index contributed by atoms with van der Waals surface area (Å²) in [6.45, 7) is 10.6. The Labute approximate surface area is 167 Å². The lowest BCUT2D eigenvalue weighted by atomic mass is 9.46. The lowest BCUT2D eigenvalue weighted by Crippen LogP contribution is -2.59. The monoisotopic (exact) mass is 371 g/mol. The highest BCUT2D eigenvalue weighted by molar-refractivity contribution is 5.99. The third-order valence-corrected chi connectivity index (χ3v) is 9.75. The fourth-order valence-electron chi connectivity index (χ4n) is 7.88. The van der Waals surface area contributed by atoms with Gasteiger partial charge >= 0.3 is 0 Å². The van der Waals surface area contributed by atoms with Gasteiger partial charge in [0.25, 0.3) is 0 Å². The summed E-state index contributed by atoms with van der Waals surface area (Å²) < 4.78 is 0.